The fraction of sp³-hybridized carbons (Fsp3) is 0.333. The summed E-state index contributed by atoms with van der Waals surface area (Å²) in [5, 5.41) is 36.0. The number of amides is 5. The van der Waals surface area contributed by atoms with Crippen LogP contribution in [0.5, 0.6) is 0 Å². The minimum Gasteiger partial charge on any atom is -0.633 e. The van der Waals surface area contributed by atoms with E-state index < -0.39 is 11.8 Å². The predicted molar refractivity (Wildman–Crippen MR) is 327 cm³/mol. The van der Waals surface area contributed by atoms with E-state index in [0.29, 0.717) is 100 Å². The Balaban J connectivity index is 0.000000179. The van der Waals surface area contributed by atoms with Crippen molar-refractivity contribution in [1.82, 2.24) is 30.5 Å². The third-order valence-corrected chi connectivity index (χ3v) is 15.5. The fourth-order valence-corrected chi connectivity index (χ4v) is 10.9. The number of benzene rings is 3. The summed E-state index contributed by atoms with van der Waals surface area (Å²) in [6.07, 6.45) is 9.14. The van der Waals surface area contributed by atoms with Crippen LogP contribution >= 0.6 is 11.6 Å². The van der Waals surface area contributed by atoms with Crippen LogP contribution in [-0.4, -0.2) is 117 Å². The minimum absolute atomic E-state index is 0. The van der Waals surface area contributed by atoms with Gasteiger partial charge in [-0.2, -0.15) is 0 Å². The molecule has 0 aliphatic carbocycles. The zero-order valence-electron chi connectivity index (χ0n) is 47.2. The molecule has 3 aromatic carbocycles. The smallest absolute Gasteiger partial charge is 0.303 e. The highest BCUT2D eigenvalue weighted by molar-refractivity contribution is 6.37. The summed E-state index contributed by atoms with van der Waals surface area (Å²) >= 11 is 6.11. The molecule has 438 valence electrons. The maximum atomic E-state index is 13.7. The first-order valence-electron chi connectivity index (χ1n) is 27.6. The molecule has 9 N–H and O–H groups in total. The van der Waals surface area contributed by atoms with Crippen molar-refractivity contribution in [1.29, 1.82) is 0 Å². The van der Waals surface area contributed by atoms with Crippen molar-refractivity contribution in [2.24, 2.45) is 0 Å². The number of fused-ring (bicyclic) bond motifs is 3. The average Bonchev–Trinajstić information content (AvgIpc) is 3.86. The highest BCUT2D eigenvalue weighted by Gasteiger charge is 2.29. The Bertz CT molecular complexity index is 3560. The van der Waals surface area contributed by atoms with Crippen LogP contribution in [0.15, 0.2) is 66.7 Å². The minimum atomic E-state index is -0.790. The van der Waals surface area contributed by atoms with E-state index in [1.54, 1.807) is 44.2 Å². The molecule has 1 fully saturated rings. The van der Waals surface area contributed by atoms with Gasteiger partial charge in [0, 0.05) is 92.4 Å². The van der Waals surface area contributed by atoms with Gasteiger partial charge in [-0.05, 0) is 171 Å². The van der Waals surface area contributed by atoms with Gasteiger partial charge in [0.05, 0.1) is 54.0 Å². The molecule has 20 heteroatoms. The lowest BCUT2D eigenvalue weighted by Crippen LogP contribution is -2.46. The number of nitrogens with one attached hydrogen (secondary N) is 8. The second kappa shape index (κ2) is 27.1. The quantitative estimate of drug-likeness (QED) is 0.0239. The van der Waals surface area contributed by atoms with Crippen molar-refractivity contribution in [3.05, 3.63) is 161 Å². The van der Waals surface area contributed by atoms with Crippen LogP contribution in [0, 0.1) is 45.6 Å². The van der Waals surface area contributed by atoms with Gasteiger partial charge in [-0.3, -0.25) is 28.8 Å². The summed E-state index contributed by atoms with van der Waals surface area (Å²) in [5.74, 6) is -2.19. The van der Waals surface area contributed by atoms with E-state index in [0.717, 1.165) is 76.0 Å². The Labute approximate surface area is 488 Å². The third kappa shape index (κ3) is 14.6. The number of carbonyl (C=O) groups is 6. The standard InChI is InChI=1S/C22H25ClN4O2.C22H27FN4O3.C18H18N2O3.CH4/c1-13-19(12-17-16-11-15(23)5-6-18(16)26-21(17)28)25-14(2)20(13)22(29)24-7-10-27-8-3-4-9-27;1-5-27(30,6-2)10-9-24-22(29)20-13(3)19(25-14(20)4)12-17-16-11-15(23)7-8-18(16)26-21(17)28;1-11-9-12(5-4-8-17(21)22)16(19-11)10-14-13-6-2-3-7-15(13)20-18(14)23;/h5-6,11-12,25H,3-4,7-10H2,1-2H3,(H,24,29)(H,26,28);7-8,11-12,25H,5-6,9-10H2,1-4H3,(H,24,29)(H,26,28);2-3,6-7,9-10,19H,4-5,8H2,1H3,(H,20,23)(H,21,22);1H4/b2*17-12-;14-10-;. The van der Waals surface area contributed by atoms with Crippen molar-refractivity contribution in [2.45, 2.75) is 88.0 Å². The topological polar surface area (TPSA) is 256 Å². The van der Waals surface area contributed by atoms with E-state index in [2.05, 4.69) is 46.4 Å². The molecule has 5 amide bonds. The molecule has 0 spiro atoms. The Kier molecular flexibility index (Phi) is 20.4. The van der Waals surface area contributed by atoms with E-state index in [-0.39, 0.29) is 54.6 Å². The molecule has 0 atom stereocenters. The van der Waals surface area contributed by atoms with E-state index >= 15 is 0 Å². The van der Waals surface area contributed by atoms with Crippen molar-refractivity contribution in [3.8, 4) is 0 Å². The Morgan fingerprint density at radius 3 is 1.76 bits per heavy atom. The SMILES string of the molecule is C.CC[N+]([O-])(CC)CCNC(=O)c1c(C)[nH]c(/C=C2\C(=O)Nc3ccc(F)cc32)c1C.Cc1[nH]c(/C=C2\C(=O)Nc3ccc(Cl)cc32)c(C)c1C(=O)NCCN1CCCC1.Cc1cc(CCCC(=O)O)c(/C=C2\C(=O)Nc3ccccc32)[nH]1. The molecule has 0 saturated carbocycles. The van der Waals surface area contributed by atoms with Gasteiger partial charge in [0.15, 0.2) is 0 Å². The number of halogens is 2. The van der Waals surface area contributed by atoms with Gasteiger partial charge in [0.25, 0.3) is 29.5 Å². The second-order valence-corrected chi connectivity index (χ2v) is 21.3. The molecule has 4 aliphatic rings. The molecule has 4 aliphatic heterocycles. The Morgan fingerprint density at radius 2 is 1.19 bits per heavy atom. The van der Waals surface area contributed by atoms with Gasteiger partial charge in [0.2, 0.25) is 0 Å². The van der Waals surface area contributed by atoms with Crippen LogP contribution in [0.1, 0.15) is 135 Å². The number of hydroxylamine groups is 3. The highest BCUT2D eigenvalue weighted by Crippen LogP contribution is 2.37. The molecular formula is C63H74ClFN10O8. The molecule has 6 aromatic rings. The van der Waals surface area contributed by atoms with Crippen LogP contribution in [0.3, 0.4) is 0 Å². The van der Waals surface area contributed by atoms with E-state index in [9.17, 15) is 38.4 Å². The number of quaternary nitrogens is 1. The summed E-state index contributed by atoms with van der Waals surface area (Å²) < 4.78 is 13.3. The maximum absolute atomic E-state index is 13.7. The van der Waals surface area contributed by atoms with Crippen LogP contribution in [0.4, 0.5) is 21.5 Å². The Hall–Kier alpha value is -8.36. The number of aryl methyl sites for hydroxylation is 4. The highest BCUT2D eigenvalue weighted by atomic mass is 35.5. The first-order chi connectivity index (χ1) is 39.2. The lowest BCUT2D eigenvalue weighted by molar-refractivity contribution is -0.875. The van der Waals surface area contributed by atoms with Crippen LogP contribution in [0.25, 0.3) is 34.9 Å². The average molecular weight is 1150 g/mol. The summed E-state index contributed by atoms with van der Waals surface area (Å²) in [6.45, 7) is 18.2. The number of carbonyl (C=O) groups excluding carboxylic acids is 5. The number of aromatic nitrogens is 3. The van der Waals surface area contributed by atoms with Crippen molar-refractivity contribution >= 4 is 99.1 Å². The van der Waals surface area contributed by atoms with Gasteiger partial charge < -0.3 is 61.4 Å². The van der Waals surface area contributed by atoms with E-state index in [1.807, 2.05) is 71.0 Å². The van der Waals surface area contributed by atoms with Gasteiger partial charge in [-0.15, -0.1) is 0 Å². The number of likely N-dealkylation sites (N-methyl/N-ethyl adjacent to an activating group) is 1. The number of aromatic amines is 3. The van der Waals surface area contributed by atoms with Gasteiger partial charge in [-0.25, -0.2) is 4.39 Å². The fourth-order valence-electron chi connectivity index (χ4n) is 10.7. The van der Waals surface area contributed by atoms with Crippen LogP contribution in [0.2, 0.25) is 5.02 Å². The molecule has 0 radical (unpaired) electrons. The number of carboxylic acid groups (broad SMARTS) is 1. The predicted octanol–water partition coefficient (Wildman–Crippen LogP) is 10.8. The lowest BCUT2D eigenvalue weighted by atomic mass is 10.0. The molecule has 7 heterocycles. The third-order valence-electron chi connectivity index (χ3n) is 15.3. The number of aliphatic carboxylic acids is 1. The van der Waals surface area contributed by atoms with E-state index in [1.165, 1.54) is 31.0 Å². The number of H-pyrrole nitrogens is 3. The molecule has 1 saturated heterocycles. The van der Waals surface area contributed by atoms with Crippen LogP contribution < -0.4 is 26.6 Å². The molecule has 10 rings (SSSR count). The van der Waals surface area contributed by atoms with Crippen LogP contribution in [-0.2, 0) is 25.6 Å². The van der Waals surface area contributed by atoms with Crippen molar-refractivity contribution in [3.63, 3.8) is 0 Å². The number of hydrogen-bond acceptors (Lipinski definition) is 8. The second-order valence-electron chi connectivity index (χ2n) is 20.9. The molecule has 3 aromatic heterocycles. The number of carboxylic acids is 1. The number of hydrogen-bond donors (Lipinski definition) is 9. The first-order valence-corrected chi connectivity index (χ1v) is 28.0. The number of anilines is 3. The lowest BCUT2D eigenvalue weighted by Gasteiger charge is -2.41. The number of nitrogens with zero attached hydrogens (tertiary/aromatic N) is 2. The number of rotatable bonds is 17. The maximum Gasteiger partial charge on any atom is 0.303 e. The summed E-state index contributed by atoms with van der Waals surface area (Å²) in [5.41, 5.74) is 14.1. The Morgan fingerprint density at radius 1 is 0.687 bits per heavy atom. The molecule has 0 unspecified atom stereocenters. The summed E-state index contributed by atoms with van der Waals surface area (Å²) in [4.78, 5) is 85.1. The van der Waals surface area contributed by atoms with Gasteiger partial charge in [-0.1, -0.05) is 37.2 Å². The summed E-state index contributed by atoms with van der Waals surface area (Å²) in [7, 11) is 0. The number of likely N-dealkylation sites (tertiary alicyclic amines) is 1. The van der Waals surface area contributed by atoms with E-state index in [4.69, 9.17) is 16.7 Å². The largest absolute Gasteiger partial charge is 0.633 e. The summed E-state index contributed by atoms with van der Waals surface area (Å²) in [6, 6.07) is 19.0. The van der Waals surface area contributed by atoms with Gasteiger partial charge in [0.1, 0.15) is 5.82 Å². The normalized spacial score (nSPS) is 15.6. The first kappa shape index (κ1) is 62.2. The zero-order chi connectivity index (χ0) is 59.0. The number of para-hydroxylation sites is 1. The van der Waals surface area contributed by atoms with Crippen molar-refractivity contribution < 1.29 is 42.9 Å². The molecule has 83 heavy (non-hydrogen) atoms. The molecule has 18 nitrogen and oxygen atoms in total. The monoisotopic (exact) mass is 1150 g/mol. The molecular weight excluding hydrogens is 1080 g/mol. The zero-order valence-corrected chi connectivity index (χ0v) is 48.0. The van der Waals surface area contributed by atoms with Gasteiger partial charge >= 0.3 is 5.97 Å². The molecule has 0 bridgehead atoms. The van der Waals surface area contributed by atoms with Crippen molar-refractivity contribution in [2.75, 3.05) is 68.3 Å².